The van der Waals surface area contributed by atoms with Crippen LogP contribution in [0.25, 0.3) is 22.5 Å². The van der Waals surface area contributed by atoms with Crippen LogP contribution in [-0.2, 0) is 0 Å². The Morgan fingerprint density at radius 2 is 1.95 bits per heavy atom. The normalized spacial score (nSPS) is 10.6. The molecule has 0 aliphatic heterocycles. The zero-order chi connectivity index (χ0) is 15.7. The molecule has 0 aliphatic rings. The molecule has 0 saturated carbocycles. The number of rotatable bonds is 3. The maximum Gasteiger partial charge on any atom is 0.336 e. The standard InChI is InChI=1S/C17H13FN2O2/c1-10-6-7-11(8-14(10)18)15-9-16(20-19-15)12-4-2-3-5-13(12)17(21)22/h2-9H,1H3,(H,19,20)(H,21,22). The van der Waals surface area contributed by atoms with Crippen molar-refractivity contribution in [3.63, 3.8) is 0 Å². The molecule has 2 aromatic carbocycles. The van der Waals surface area contributed by atoms with Gasteiger partial charge in [0.1, 0.15) is 5.82 Å². The van der Waals surface area contributed by atoms with Crippen LogP contribution in [0, 0.1) is 12.7 Å². The second-order valence-corrected chi connectivity index (χ2v) is 4.98. The smallest absolute Gasteiger partial charge is 0.336 e. The third kappa shape index (κ3) is 2.48. The van der Waals surface area contributed by atoms with Crippen molar-refractivity contribution >= 4 is 5.97 Å². The van der Waals surface area contributed by atoms with Crippen molar-refractivity contribution in [1.29, 1.82) is 0 Å². The molecule has 0 saturated heterocycles. The van der Waals surface area contributed by atoms with E-state index < -0.39 is 5.97 Å². The maximum absolute atomic E-state index is 13.6. The van der Waals surface area contributed by atoms with E-state index in [0.29, 0.717) is 28.1 Å². The predicted molar refractivity (Wildman–Crippen MR) is 81.1 cm³/mol. The van der Waals surface area contributed by atoms with Crippen LogP contribution < -0.4 is 0 Å². The van der Waals surface area contributed by atoms with Gasteiger partial charge in [0.05, 0.1) is 17.0 Å². The summed E-state index contributed by atoms with van der Waals surface area (Å²) in [5.74, 6) is -1.30. The number of hydrogen-bond donors (Lipinski definition) is 2. The summed E-state index contributed by atoms with van der Waals surface area (Å²) in [6, 6.07) is 13.3. The largest absolute Gasteiger partial charge is 0.478 e. The van der Waals surface area contributed by atoms with Gasteiger partial charge in [-0.2, -0.15) is 5.10 Å². The van der Waals surface area contributed by atoms with E-state index in [0.717, 1.165) is 0 Å². The lowest BCUT2D eigenvalue weighted by Crippen LogP contribution is -1.98. The first kappa shape index (κ1) is 14.0. The van der Waals surface area contributed by atoms with E-state index in [1.807, 2.05) is 0 Å². The van der Waals surface area contributed by atoms with Gasteiger partial charge in [0.15, 0.2) is 0 Å². The fourth-order valence-corrected chi connectivity index (χ4v) is 2.26. The highest BCUT2D eigenvalue weighted by molar-refractivity contribution is 5.95. The summed E-state index contributed by atoms with van der Waals surface area (Å²) in [5, 5.41) is 16.2. The summed E-state index contributed by atoms with van der Waals surface area (Å²) in [7, 11) is 0. The predicted octanol–water partition coefficient (Wildman–Crippen LogP) is 3.89. The van der Waals surface area contributed by atoms with Gasteiger partial charge in [-0.3, -0.25) is 5.10 Å². The monoisotopic (exact) mass is 296 g/mol. The molecule has 0 fully saturated rings. The first-order chi connectivity index (χ1) is 10.6. The van der Waals surface area contributed by atoms with Crippen LogP contribution in [0.3, 0.4) is 0 Å². The minimum absolute atomic E-state index is 0.188. The van der Waals surface area contributed by atoms with Crippen LogP contribution in [0.1, 0.15) is 15.9 Å². The van der Waals surface area contributed by atoms with E-state index in [2.05, 4.69) is 10.2 Å². The van der Waals surface area contributed by atoms with Gasteiger partial charge >= 0.3 is 5.97 Å². The van der Waals surface area contributed by atoms with Gasteiger partial charge < -0.3 is 5.11 Å². The van der Waals surface area contributed by atoms with Crippen LogP contribution in [-0.4, -0.2) is 21.3 Å². The fourth-order valence-electron chi connectivity index (χ4n) is 2.26. The van der Waals surface area contributed by atoms with Crippen molar-refractivity contribution in [2.45, 2.75) is 6.92 Å². The minimum atomic E-state index is -1.01. The minimum Gasteiger partial charge on any atom is -0.478 e. The van der Waals surface area contributed by atoms with Crippen LogP contribution in [0.2, 0.25) is 0 Å². The highest BCUT2D eigenvalue weighted by atomic mass is 19.1. The average molecular weight is 296 g/mol. The molecule has 0 spiro atoms. The highest BCUT2D eigenvalue weighted by Gasteiger charge is 2.14. The molecule has 1 heterocycles. The Morgan fingerprint density at radius 1 is 1.18 bits per heavy atom. The van der Waals surface area contributed by atoms with Crippen molar-refractivity contribution in [2.75, 3.05) is 0 Å². The SMILES string of the molecule is Cc1ccc(-c2cc(-c3ccccc3C(=O)O)[nH]n2)cc1F. The van der Waals surface area contributed by atoms with Crippen molar-refractivity contribution in [2.24, 2.45) is 0 Å². The summed E-state index contributed by atoms with van der Waals surface area (Å²) in [5.41, 5.74) is 3.08. The Labute approximate surface area is 126 Å². The van der Waals surface area contributed by atoms with Crippen LogP contribution in [0.5, 0.6) is 0 Å². The number of hydrogen-bond acceptors (Lipinski definition) is 2. The van der Waals surface area contributed by atoms with Gasteiger partial charge in [0.2, 0.25) is 0 Å². The number of aromatic amines is 1. The van der Waals surface area contributed by atoms with Gasteiger partial charge in [-0.05, 0) is 30.7 Å². The number of halogens is 1. The van der Waals surface area contributed by atoms with E-state index in [-0.39, 0.29) is 11.4 Å². The number of carboxylic acids is 1. The molecule has 0 radical (unpaired) electrons. The van der Waals surface area contributed by atoms with Gasteiger partial charge in [0.25, 0.3) is 0 Å². The van der Waals surface area contributed by atoms with E-state index in [4.69, 9.17) is 0 Å². The Kier molecular flexibility index (Phi) is 3.47. The van der Waals surface area contributed by atoms with Crippen LogP contribution >= 0.6 is 0 Å². The van der Waals surface area contributed by atoms with Crippen molar-refractivity contribution in [3.05, 3.63) is 65.5 Å². The first-order valence-electron chi connectivity index (χ1n) is 6.71. The van der Waals surface area contributed by atoms with Gasteiger partial charge in [0, 0.05) is 11.1 Å². The summed E-state index contributed by atoms with van der Waals surface area (Å²) < 4.78 is 13.6. The second kappa shape index (κ2) is 5.44. The molecule has 5 heteroatoms. The summed E-state index contributed by atoms with van der Waals surface area (Å²) in [6.45, 7) is 1.69. The lowest BCUT2D eigenvalue weighted by Gasteiger charge is -2.02. The second-order valence-electron chi connectivity index (χ2n) is 4.98. The van der Waals surface area contributed by atoms with E-state index in [1.54, 1.807) is 43.3 Å². The Bertz CT molecular complexity index is 855. The quantitative estimate of drug-likeness (QED) is 0.770. The summed E-state index contributed by atoms with van der Waals surface area (Å²) in [6.07, 6.45) is 0. The number of nitrogens with one attached hydrogen (secondary N) is 1. The molecule has 0 aliphatic carbocycles. The molecule has 0 bridgehead atoms. The molecule has 22 heavy (non-hydrogen) atoms. The number of aryl methyl sites for hydroxylation is 1. The van der Waals surface area contributed by atoms with Crippen molar-refractivity contribution in [1.82, 2.24) is 10.2 Å². The first-order valence-corrected chi connectivity index (χ1v) is 6.71. The molecule has 1 aromatic heterocycles. The molecule has 0 atom stereocenters. The number of aromatic nitrogens is 2. The highest BCUT2D eigenvalue weighted by Crippen LogP contribution is 2.27. The van der Waals surface area contributed by atoms with Gasteiger partial charge in [-0.1, -0.05) is 30.3 Å². The third-order valence-corrected chi connectivity index (χ3v) is 3.49. The Balaban J connectivity index is 2.04. The molecule has 0 unspecified atom stereocenters. The lowest BCUT2D eigenvalue weighted by atomic mass is 10.0. The molecular formula is C17H13FN2O2. The van der Waals surface area contributed by atoms with Gasteiger partial charge in [-0.25, -0.2) is 9.18 Å². The van der Waals surface area contributed by atoms with Gasteiger partial charge in [-0.15, -0.1) is 0 Å². The number of aromatic carboxylic acids is 1. The fraction of sp³-hybridized carbons (Fsp3) is 0.0588. The van der Waals surface area contributed by atoms with E-state index >= 15 is 0 Å². The van der Waals surface area contributed by atoms with Crippen molar-refractivity contribution < 1.29 is 14.3 Å². The molecule has 2 N–H and O–H groups in total. The zero-order valence-corrected chi connectivity index (χ0v) is 11.8. The zero-order valence-electron chi connectivity index (χ0n) is 11.8. The van der Waals surface area contributed by atoms with Crippen molar-refractivity contribution in [3.8, 4) is 22.5 Å². The molecule has 0 amide bonds. The number of nitrogens with zero attached hydrogens (tertiary/aromatic N) is 1. The summed E-state index contributed by atoms with van der Waals surface area (Å²) in [4.78, 5) is 11.3. The maximum atomic E-state index is 13.6. The number of H-pyrrole nitrogens is 1. The molecule has 4 nitrogen and oxygen atoms in total. The topological polar surface area (TPSA) is 66.0 Å². The molecular weight excluding hydrogens is 283 g/mol. The summed E-state index contributed by atoms with van der Waals surface area (Å²) >= 11 is 0. The third-order valence-electron chi connectivity index (χ3n) is 3.49. The number of benzene rings is 2. The van der Waals surface area contributed by atoms with Crippen LogP contribution in [0.15, 0.2) is 48.5 Å². The van der Waals surface area contributed by atoms with E-state index in [9.17, 15) is 14.3 Å². The molecule has 3 rings (SSSR count). The van der Waals surface area contributed by atoms with E-state index in [1.165, 1.54) is 12.1 Å². The average Bonchev–Trinajstić information content (AvgIpc) is 3.00. The Morgan fingerprint density at radius 3 is 2.68 bits per heavy atom. The number of carbonyl (C=O) groups is 1. The Hall–Kier alpha value is -2.95. The molecule has 110 valence electrons. The van der Waals surface area contributed by atoms with Crippen LogP contribution in [0.4, 0.5) is 4.39 Å². The number of carboxylic acid groups (broad SMARTS) is 1. The lowest BCUT2D eigenvalue weighted by molar-refractivity contribution is 0.0697. The molecule has 3 aromatic rings.